The third-order valence-electron chi connectivity index (χ3n) is 2.33. The van der Waals surface area contributed by atoms with Crippen molar-refractivity contribution in [3.8, 4) is 5.69 Å². The Morgan fingerprint density at radius 2 is 2.18 bits per heavy atom. The van der Waals surface area contributed by atoms with Crippen molar-refractivity contribution in [1.82, 2.24) is 29.6 Å². The Kier molecular flexibility index (Phi) is 1.97. The van der Waals surface area contributed by atoms with Crippen molar-refractivity contribution in [3.05, 3.63) is 46.8 Å². The maximum absolute atomic E-state index is 11.6. The zero-order valence-electron chi connectivity index (χ0n) is 8.98. The second-order valence-electron chi connectivity index (χ2n) is 3.50. The molecule has 0 saturated heterocycles. The average Bonchev–Trinajstić information content (AvgIpc) is 2.76. The molecule has 0 aliphatic heterocycles. The first kappa shape index (κ1) is 9.64. The minimum atomic E-state index is -0.145. The van der Waals surface area contributed by atoms with Crippen molar-refractivity contribution in [2.75, 3.05) is 0 Å². The molecule has 0 amide bonds. The second-order valence-corrected chi connectivity index (χ2v) is 3.50. The molecule has 84 valence electrons. The molecule has 0 aliphatic carbocycles. The molecule has 3 heterocycles. The van der Waals surface area contributed by atoms with Gasteiger partial charge in [-0.3, -0.25) is 9.20 Å². The lowest BCUT2D eigenvalue weighted by Gasteiger charge is -2.03. The molecule has 3 rings (SSSR count). The summed E-state index contributed by atoms with van der Waals surface area (Å²) < 4.78 is 1.44. The topological polar surface area (TPSA) is 78.0 Å². The molecule has 0 unspecified atom stereocenters. The largest absolute Gasteiger partial charge is 0.269 e. The number of rotatable bonds is 1. The molecule has 17 heavy (non-hydrogen) atoms. The van der Waals surface area contributed by atoms with Gasteiger partial charge in [0.15, 0.2) is 11.5 Å². The van der Waals surface area contributed by atoms with E-state index in [4.69, 9.17) is 0 Å². The molecule has 3 aromatic rings. The number of pyridine rings is 1. The minimum Gasteiger partial charge on any atom is -0.269 e. The van der Waals surface area contributed by atoms with Crippen LogP contribution in [0.25, 0.3) is 11.3 Å². The van der Waals surface area contributed by atoms with Crippen LogP contribution in [0.5, 0.6) is 0 Å². The van der Waals surface area contributed by atoms with Crippen LogP contribution in [-0.2, 0) is 0 Å². The lowest BCUT2D eigenvalue weighted by Crippen LogP contribution is -2.15. The van der Waals surface area contributed by atoms with Crippen LogP contribution < -0.4 is 5.56 Å². The van der Waals surface area contributed by atoms with Crippen LogP contribution >= 0.6 is 0 Å². The lowest BCUT2D eigenvalue weighted by molar-refractivity contribution is 0.717. The lowest BCUT2D eigenvalue weighted by atomic mass is 10.4. The number of tetrazole rings is 1. The normalized spacial score (nSPS) is 10.9. The molecule has 0 aromatic carbocycles. The van der Waals surface area contributed by atoms with Crippen molar-refractivity contribution in [2.45, 2.75) is 6.92 Å². The molecule has 3 aromatic heterocycles. The van der Waals surface area contributed by atoms with Gasteiger partial charge in [-0.15, -0.1) is 15.0 Å². The number of hydrogen-bond donors (Lipinski definition) is 0. The van der Waals surface area contributed by atoms with E-state index in [1.165, 1.54) is 21.5 Å². The molecular formula is C10H8N6O. The highest BCUT2D eigenvalue weighted by atomic mass is 16.1. The first-order chi connectivity index (χ1) is 8.25. The zero-order valence-corrected chi connectivity index (χ0v) is 8.98. The maximum Gasteiger partial charge on any atom is 0.257 e. The predicted octanol–water partition coefficient (Wildman–Crippen LogP) is -0.0214. The van der Waals surface area contributed by atoms with Gasteiger partial charge in [0, 0.05) is 18.5 Å². The molecule has 0 spiro atoms. The van der Waals surface area contributed by atoms with Gasteiger partial charge in [0.25, 0.3) is 5.56 Å². The van der Waals surface area contributed by atoms with Crippen LogP contribution in [0.4, 0.5) is 0 Å². The van der Waals surface area contributed by atoms with E-state index in [1.807, 2.05) is 0 Å². The van der Waals surface area contributed by atoms with Gasteiger partial charge in [-0.05, 0) is 24.3 Å². The fraction of sp³-hybridized carbons (Fsp3) is 0.100. The van der Waals surface area contributed by atoms with E-state index in [2.05, 4.69) is 20.4 Å². The number of hydrogen-bond acceptors (Lipinski definition) is 5. The molecular weight excluding hydrogens is 220 g/mol. The van der Waals surface area contributed by atoms with Gasteiger partial charge < -0.3 is 0 Å². The van der Waals surface area contributed by atoms with Gasteiger partial charge in [-0.2, -0.15) is 0 Å². The Balaban J connectivity index is 2.38. The first-order valence-corrected chi connectivity index (χ1v) is 4.99. The van der Waals surface area contributed by atoms with Gasteiger partial charge in [0.2, 0.25) is 0 Å². The van der Waals surface area contributed by atoms with E-state index in [9.17, 15) is 4.79 Å². The fourth-order valence-electron chi connectivity index (χ4n) is 1.59. The molecule has 7 nitrogen and oxygen atoms in total. The number of aromatic nitrogens is 6. The van der Waals surface area contributed by atoms with Crippen molar-refractivity contribution >= 4 is 5.65 Å². The van der Waals surface area contributed by atoms with E-state index in [0.29, 0.717) is 17.2 Å². The van der Waals surface area contributed by atoms with E-state index < -0.39 is 0 Å². The highest BCUT2D eigenvalue weighted by Gasteiger charge is 2.07. The quantitative estimate of drug-likeness (QED) is 0.584. The van der Waals surface area contributed by atoms with Crippen LogP contribution in [0.3, 0.4) is 0 Å². The number of fused-ring (bicyclic) bond motifs is 1. The van der Waals surface area contributed by atoms with Gasteiger partial charge in [-0.1, -0.05) is 0 Å². The van der Waals surface area contributed by atoms with Gasteiger partial charge in [-0.25, -0.2) is 4.98 Å². The third kappa shape index (κ3) is 1.48. The first-order valence-electron chi connectivity index (χ1n) is 4.99. The summed E-state index contributed by atoms with van der Waals surface area (Å²) in [4.78, 5) is 17.1. The third-order valence-corrected chi connectivity index (χ3v) is 2.33. The van der Waals surface area contributed by atoms with E-state index in [1.54, 1.807) is 25.3 Å². The van der Waals surface area contributed by atoms with E-state index >= 15 is 0 Å². The molecule has 0 saturated carbocycles. The average molecular weight is 228 g/mol. The Morgan fingerprint density at radius 1 is 1.29 bits per heavy atom. The van der Waals surface area contributed by atoms with Crippen molar-refractivity contribution < 1.29 is 0 Å². The van der Waals surface area contributed by atoms with Crippen LogP contribution in [0.1, 0.15) is 5.82 Å². The molecule has 7 heteroatoms. The van der Waals surface area contributed by atoms with Gasteiger partial charge in [0.05, 0.1) is 0 Å². The van der Waals surface area contributed by atoms with Crippen LogP contribution in [0.2, 0.25) is 0 Å². The Bertz CT molecular complexity index is 744. The standard InChI is InChI=1S/C10H8N6O/c1-7-12-14-16(13-7)8-3-2-6-15-9(17)4-5-11-10(8)15/h2-6H,1H3. The summed E-state index contributed by atoms with van der Waals surface area (Å²) in [6, 6.07) is 4.92. The maximum atomic E-state index is 11.6. The second kappa shape index (κ2) is 3.48. The molecule has 0 bridgehead atoms. The monoisotopic (exact) mass is 228 g/mol. The van der Waals surface area contributed by atoms with Crippen LogP contribution in [0.15, 0.2) is 35.4 Å². The summed E-state index contributed by atoms with van der Waals surface area (Å²) in [5.41, 5.74) is 0.969. The number of aryl methyl sites for hydroxylation is 1. The summed E-state index contributed by atoms with van der Waals surface area (Å²) >= 11 is 0. The smallest absolute Gasteiger partial charge is 0.257 e. The molecule has 0 aliphatic rings. The van der Waals surface area contributed by atoms with E-state index in [0.717, 1.165) is 0 Å². The number of nitrogens with zero attached hydrogens (tertiary/aromatic N) is 6. The molecule has 0 atom stereocenters. The Morgan fingerprint density at radius 3 is 2.94 bits per heavy atom. The zero-order chi connectivity index (χ0) is 11.8. The highest BCUT2D eigenvalue weighted by Crippen LogP contribution is 2.09. The van der Waals surface area contributed by atoms with Crippen molar-refractivity contribution in [3.63, 3.8) is 0 Å². The summed E-state index contributed by atoms with van der Waals surface area (Å²) in [6.45, 7) is 1.74. The van der Waals surface area contributed by atoms with Crippen LogP contribution in [0, 0.1) is 6.92 Å². The molecule has 0 N–H and O–H groups in total. The van der Waals surface area contributed by atoms with Gasteiger partial charge >= 0.3 is 0 Å². The summed E-state index contributed by atoms with van der Waals surface area (Å²) in [6.07, 6.45) is 3.11. The highest BCUT2D eigenvalue weighted by molar-refractivity contribution is 5.57. The van der Waals surface area contributed by atoms with Crippen LogP contribution in [-0.4, -0.2) is 29.6 Å². The summed E-state index contributed by atoms with van der Waals surface area (Å²) in [7, 11) is 0. The predicted molar refractivity (Wildman–Crippen MR) is 58.9 cm³/mol. The fourth-order valence-corrected chi connectivity index (χ4v) is 1.59. The van der Waals surface area contributed by atoms with Crippen molar-refractivity contribution in [1.29, 1.82) is 0 Å². The van der Waals surface area contributed by atoms with E-state index in [-0.39, 0.29) is 5.56 Å². The molecule has 0 radical (unpaired) electrons. The van der Waals surface area contributed by atoms with Gasteiger partial charge in [0.1, 0.15) is 5.69 Å². The minimum absolute atomic E-state index is 0.145. The Hall–Kier alpha value is -2.57. The Labute approximate surface area is 95.3 Å². The molecule has 0 fully saturated rings. The SMILES string of the molecule is Cc1nnn(-c2cccn3c(=O)ccnc23)n1. The summed E-state index contributed by atoms with van der Waals surface area (Å²) in [5.74, 6) is 0.560. The van der Waals surface area contributed by atoms with Crippen molar-refractivity contribution in [2.24, 2.45) is 0 Å². The summed E-state index contributed by atoms with van der Waals surface area (Å²) in [5, 5.41) is 11.8.